The van der Waals surface area contributed by atoms with E-state index in [0.717, 1.165) is 5.56 Å². The summed E-state index contributed by atoms with van der Waals surface area (Å²) in [5, 5.41) is 20.1. The molecule has 0 aliphatic rings. The number of H-pyrrole nitrogens is 1. The fourth-order valence-electron chi connectivity index (χ4n) is 2.15. The molecule has 0 unspecified atom stereocenters. The van der Waals surface area contributed by atoms with E-state index in [2.05, 4.69) is 20.5 Å². The smallest absolute Gasteiger partial charge is 0.276 e. The molecular weight excluding hydrogens is 322 g/mol. The minimum atomic E-state index is -0.501. The van der Waals surface area contributed by atoms with Gasteiger partial charge in [0.25, 0.3) is 11.6 Å². The summed E-state index contributed by atoms with van der Waals surface area (Å²) < 4.78 is 0. The van der Waals surface area contributed by atoms with Crippen molar-refractivity contribution < 1.29 is 9.72 Å². The van der Waals surface area contributed by atoms with Crippen LogP contribution in [0.2, 0.25) is 0 Å². The van der Waals surface area contributed by atoms with Gasteiger partial charge in [0, 0.05) is 17.7 Å². The first-order chi connectivity index (χ1) is 12.1. The number of aromatic nitrogens is 3. The van der Waals surface area contributed by atoms with Gasteiger partial charge in [-0.2, -0.15) is 4.98 Å². The topological polar surface area (TPSA) is 114 Å². The van der Waals surface area contributed by atoms with Crippen molar-refractivity contribution in [3.8, 4) is 11.4 Å². The Morgan fingerprint density at radius 1 is 1.12 bits per heavy atom. The maximum absolute atomic E-state index is 12.0. The maximum atomic E-state index is 12.0. The quantitative estimate of drug-likeness (QED) is 0.422. The summed E-state index contributed by atoms with van der Waals surface area (Å²) >= 11 is 0. The van der Waals surface area contributed by atoms with Crippen molar-refractivity contribution >= 4 is 23.6 Å². The molecule has 0 atom stereocenters. The van der Waals surface area contributed by atoms with Crippen LogP contribution in [0.25, 0.3) is 17.5 Å². The third kappa shape index (κ3) is 3.94. The third-order valence-electron chi connectivity index (χ3n) is 3.32. The van der Waals surface area contributed by atoms with Gasteiger partial charge in [0.2, 0.25) is 5.95 Å². The normalized spacial score (nSPS) is 10.7. The lowest BCUT2D eigenvalue weighted by Crippen LogP contribution is -2.09. The minimum Gasteiger partial charge on any atom is -0.290 e. The van der Waals surface area contributed by atoms with E-state index in [1.807, 2.05) is 30.3 Å². The van der Waals surface area contributed by atoms with Gasteiger partial charge in [-0.05, 0) is 12.1 Å². The SMILES string of the molecule is O=C(C=Cc1ccccc1[N+](=O)[O-])Nc1n[nH]c(-c2ccccc2)n1. The van der Waals surface area contributed by atoms with Crippen molar-refractivity contribution in [2.45, 2.75) is 0 Å². The molecule has 0 saturated carbocycles. The minimum absolute atomic E-state index is 0.0733. The van der Waals surface area contributed by atoms with Crippen molar-refractivity contribution in [2.75, 3.05) is 5.32 Å². The summed E-state index contributed by atoms with van der Waals surface area (Å²) in [4.78, 5) is 26.6. The predicted octanol–water partition coefficient (Wildman–Crippen LogP) is 3.03. The molecule has 124 valence electrons. The Balaban J connectivity index is 1.69. The van der Waals surface area contributed by atoms with E-state index in [1.165, 1.54) is 18.2 Å². The van der Waals surface area contributed by atoms with Gasteiger partial charge >= 0.3 is 0 Å². The number of amides is 1. The molecular formula is C17H13N5O3. The van der Waals surface area contributed by atoms with Crippen molar-refractivity contribution in [1.29, 1.82) is 0 Å². The Kier molecular flexibility index (Phi) is 4.61. The highest BCUT2D eigenvalue weighted by Crippen LogP contribution is 2.19. The molecule has 0 fully saturated rings. The number of hydrogen-bond acceptors (Lipinski definition) is 5. The van der Waals surface area contributed by atoms with E-state index in [-0.39, 0.29) is 11.6 Å². The van der Waals surface area contributed by atoms with E-state index in [4.69, 9.17) is 0 Å². The number of carbonyl (C=O) groups excluding carboxylic acids is 1. The highest BCUT2D eigenvalue weighted by atomic mass is 16.6. The molecule has 0 aliphatic carbocycles. The molecule has 1 aromatic heterocycles. The molecule has 8 heteroatoms. The monoisotopic (exact) mass is 335 g/mol. The van der Waals surface area contributed by atoms with Crippen molar-refractivity contribution in [1.82, 2.24) is 15.2 Å². The number of anilines is 1. The number of aromatic amines is 1. The molecule has 1 heterocycles. The number of nitrogens with one attached hydrogen (secondary N) is 2. The zero-order valence-electron chi connectivity index (χ0n) is 12.9. The van der Waals surface area contributed by atoms with Crippen LogP contribution in [0.5, 0.6) is 0 Å². The lowest BCUT2D eigenvalue weighted by atomic mass is 10.1. The Morgan fingerprint density at radius 3 is 2.60 bits per heavy atom. The lowest BCUT2D eigenvalue weighted by Gasteiger charge is -1.97. The summed E-state index contributed by atoms with van der Waals surface area (Å²) in [6.07, 6.45) is 2.57. The third-order valence-corrected chi connectivity index (χ3v) is 3.32. The van der Waals surface area contributed by atoms with Crippen molar-refractivity contribution in [3.63, 3.8) is 0 Å². The standard InChI is InChI=1S/C17H13N5O3/c23-15(11-10-12-6-4-5-9-14(12)22(24)25)18-17-19-16(20-21-17)13-7-2-1-3-8-13/h1-11H,(H2,18,19,20,21,23). The van der Waals surface area contributed by atoms with Gasteiger partial charge in [0.05, 0.1) is 10.5 Å². The average Bonchev–Trinajstić information content (AvgIpc) is 3.09. The van der Waals surface area contributed by atoms with Crippen LogP contribution in [0.15, 0.2) is 60.7 Å². The Labute approximate surface area is 142 Å². The van der Waals surface area contributed by atoms with E-state index >= 15 is 0 Å². The van der Waals surface area contributed by atoms with E-state index < -0.39 is 10.8 Å². The van der Waals surface area contributed by atoms with Gasteiger partial charge < -0.3 is 0 Å². The summed E-state index contributed by atoms with van der Waals surface area (Å²) in [6.45, 7) is 0. The lowest BCUT2D eigenvalue weighted by molar-refractivity contribution is -0.385. The first kappa shape index (κ1) is 16.1. The van der Waals surface area contributed by atoms with Gasteiger partial charge in [-0.1, -0.05) is 42.5 Å². The van der Waals surface area contributed by atoms with Crippen LogP contribution >= 0.6 is 0 Å². The average molecular weight is 335 g/mol. The molecule has 0 bridgehead atoms. The highest BCUT2D eigenvalue weighted by molar-refractivity contribution is 6.01. The number of nitrogens with zero attached hydrogens (tertiary/aromatic N) is 3. The molecule has 0 spiro atoms. The molecule has 2 N–H and O–H groups in total. The van der Waals surface area contributed by atoms with Crippen LogP contribution in [0.1, 0.15) is 5.56 Å². The largest absolute Gasteiger partial charge is 0.290 e. The van der Waals surface area contributed by atoms with E-state index in [0.29, 0.717) is 11.4 Å². The van der Waals surface area contributed by atoms with Crippen LogP contribution in [-0.4, -0.2) is 26.0 Å². The fraction of sp³-hybridized carbons (Fsp3) is 0. The van der Waals surface area contributed by atoms with E-state index in [1.54, 1.807) is 18.2 Å². The summed E-state index contributed by atoms with van der Waals surface area (Å²) in [5.74, 6) is 0.159. The van der Waals surface area contributed by atoms with Gasteiger partial charge in [0.15, 0.2) is 5.82 Å². The number of nitro benzene ring substituents is 1. The Hall–Kier alpha value is -3.81. The number of para-hydroxylation sites is 1. The fourth-order valence-corrected chi connectivity index (χ4v) is 2.15. The van der Waals surface area contributed by atoms with Crippen LogP contribution in [0.4, 0.5) is 11.6 Å². The molecule has 8 nitrogen and oxygen atoms in total. The summed E-state index contributed by atoms with van der Waals surface area (Å²) in [6, 6.07) is 15.5. The van der Waals surface area contributed by atoms with Crippen molar-refractivity contribution in [3.05, 3.63) is 76.4 Å². The zero-order valence-corrected chi connectivity index (χ0v) is 12.9. The Bertz CT molecular complexity index is 934. The highest BCUT2D eigenvalue weighted by Gasteiger charge is 2.10. The number of carbonyl (C=O) groups is 1. The first-order valence-corrected chi connectivity index (χ1v) is 7.34. The molecule has 0 radical (unpaired) electrons. The molecule has 0 aliphatic heterocycles. The second-order valence-electron chi connectivity index (χ2n) is 5.01. The molecule has 1 amide bonds. The van der Waals surface area contributed by atoms with E-state index in [9.17, 15) is 14.9 Å². The van der Waals surface area contributed by atoms with Gasteiger partial charge in [0.1, 0.15) is 0 Å². The van der Waals surface area contributed by atoms with Crippen molar-refractivity contribution in [2.24, 2.45) is 0 Å². The zero-order chi connectivity index (χ0) is 17.6. The van der Waals surface area contributed by atoms with Crippen LogP contribution in [-0.2, 0) is 4.79 Å². The number of benzene rings is 2. The predicted molar refractivity (Wildman–Crippen MR) is 92.6 cm³/mol. The van der Waals surface area contributed by atoms with Gasteiger partial charge in [-0.25, -0.2) is 0 Å². The van der Waals surface area contributed by atoms with Crippen LogP contribution < -0.4 is 5.32 Å². The number of hydrogen-bond donors (Lipinski definition) is 2. The van der Waals surface area contributed by atoms with Gasteiger partial charge in [-0.15, -0.1) is 5.10 Å². The molecule has 3 rings (SSSR count). The summed E-state index contributed by atoms with van der Waals surface area (Å²) in [7, 11) is 0. The second kappa shape index (κ2) is 7.18. The molecule has 2 aromatic carbocycles. The number of rotatable bonds is 5. The number of nitro groups is 1. The maximum Gasteiger partial charge on any atom is 0.276 e. The molecule has 25 heavy (non-hydrogen) atoms. The van der Waals surface area contributed by atoms with Gasteiger partial charge in [-0.3, -0.25) is 25.3 Å². The second-order valence-corrected chi connectivity index (χ2v) is 5.01. The Morgan fingerprint density at radius 2 is 1.84 bits per heavy atom. The molecule has 3 aromatic rings. The summed E-state index contributed by atoms with van der Waals surface area (Å²) in [5.41, 5.74) is 1.10. The first-order valence-electron chi connectivity index (χ1n) is 7.34. The van der Waals surface area contributed by atoms with Crippen LogP contribution in [0.3, 0.4) is 0 Å². The molecule has 0 saturated heterocycles. The van der Waals surface area contributed by atoms with Crippen LogP contribution in [0, 0.1) is 10.1 Å².